The summed E-state index contributed by atoms with van der Waals surface area (Å²) < 4.78 is 7.18. The van der Waals surface area contributed by atoms with Gasteiger partial charge in [-0.2, -0.15) is 10.4 Å². The molecule has 22 heavy (non-hydrogen) atoms. The van der Waals surface area contributed by atoms with Crippen LogP contribution < -0.4 is 4.74 Å². The molecule has 1 heterocycles. The van der Waals surface area contributed by atoms with E-state index in [0.29, 0.717) is 17.0 Å². The van der Waals surface area contributed by atoms with E-state index in [2.05, 4.69) is 18.1 Å². The van der Waals surface area contributed by atoms with Crippen molar-refractivity contribution < 1.29 is 14.6 Å². The fourth-order valence-corrected chi connectivity index (χ4v) is 2.11. The van der Waals surface area contributed by atoms with Crippen molar-refractivity contribution in [3.8, 4) is 17.5 Å². The van der Waals surface area contributed by atoms with Gasteiger partial charge < -0.3 is 9.84 Å². The monoisotopic (exact) mass is 299 g/mol. The van der Waals surface area contributed by atoms with Gasteiger partial charge in [-0.1, -0.05) is 13.3 Å². The van der Waals surface area contributed by atoms with Crippen molar-refractivity contribution in [2.24, 2.45) is 0 Å². The summed E-state index contributed by atoms with van der Waals surface area (Å²) in [6.07, 6.45) is 4.62. The first-order valence-corrected chi connectivity index (χ1v) is 7.04. The van der Waals surface area contributed by atoms with Gasteiger partial charge in [0.2, 0.25) is 0 Å². The third kappa shape index (κ3) is 3.44. The summed E-state index contributed by atoms with van der Waals surface area (Å²) in [6, 6.07) is 7.19. The van der Waals surface area contributed by atoms with Gasteiger partial charge in [0.05, 0.1) is 29.1 Å². The SMILES string of the molecule is CCCC(C)Oc1ccc(-n2cc(C(=O)O)cn2)cc1C#N. The molecule has 6 nitrogen and oxygen atoms in total. The molecule has 0 amide bonds. The molecule has 0 bridgehead atoms. The third-order valence-corrected chi connectivity index (χ3v) is 3.20. The molecule has 0 aliphatic heterocycles. The largest absolute Gasteiger partial charge is 0.489 e. The minimum Gasteiger partial charge on any atom is -0.489 e. The molecular formula is C16H17N3O3. The highest BCUT2D eigenvalue weighted by atomic mass is 16.5. The molecule has 0 aliphatic rings. The van der Waals surface area contributed by atoms with E-state index in [1.165, 1.54) is 17.1 Å². The quantitative estimate of drug-likeness (QED) is 0.885. The highest BCUT2D eigenvalue weighted by Gasteiger charge is 2.11. The molecule has 0 saturated carbocycles. The van der Waals surface area contributed by atoms with Crippen LogP contribution in [0, 0.1) is 11.3 Å². The Kier molecular flexibility index (Phi) is 4.79. The summed E-state index contributed by atoms with van der Waals surface area (Å²) in [5, 5.41) is 22.2. The van der Waals surface area contributed by atoms with Crippen LogP contribution in [0.2, 0.25) is 0 Å². The van der Waals surface area contributed by atoms with E-state index in [1.807, 2.05) is 6.92 Å². The van der Waals surface area contributed by atoms with Crippen LogP contribution in [0.25, 0.3) is 5.69 Å². The Balaban J connectivity index is 2.28. The minimum absolute atomic E-state index is 0.0336. The second kappa shape index (κ2) is 6.76. The van der Waals surface area contributed by atoms with E-state index >= 15 is 0 Å². The normalized spacial score (nSPS) is 11.7. The number of nitrogens with zero attached hydrogens (tertiary/aromatic N) is 3. The number of hydrogen-bond donors (Lipinski definition) is 1. The standard InChI is InChI=1S/C16H17N3O3/c1-3-4-11(2)22-15-6-5-14(7-12(15)8-17)19-10-13(9-18-19)16(20)21/h5-7,9-11H,3-4H2,1-2H3,(H,20,21). The molecule has 0 aliphatic carbocycles. The van der Waals surface area contributed by atoms with Crippen molar-refractivity contribution in [3.05, 3.63) is 41.7 Å². The van der Waals surface area contributed by atoms with E-state index < -0.39 is 5.97 Å². The lowest BCUT2D eigenvalue weighted by Gasteiger charge is -2.15. The van der Waals surface area contributed by atoms with Gasteiger partial charge in [-0.05, 0) is 31.5 Å². The van der Waals surface area contributed by atoms with Crippen molar-refractivity contribution in [2.45, 2.75) is 32.8 Å². The van der Waals surface area contributed by atoms with E-state index in [4.69, 9.17) is 9.84 Å². The maximum Gasteiger partial charge on any atom is 0.338 e. The van der Waals surface area contributed by atoms with Crippen LogP contribution in [0.15, 0.2) is 30.6 Å². The zero-order chi connectivity index (χ0) is 16.1. The first kappa shape index (κ1) is 15.6. The van der Waals surface area contributed by atoms with Gasteiger partial charge in [-0.25, -0.2) is 9.48 Å². The van der Waals surface area contributed by atoms with Gasteiger partial charge in [-0.3, -0.25) is 0 Å². The molecule has 6 heteroatoms. The number of carbonyl (C=O) groups is 1. The lowest BCUT2D eigenvalue weighted by Crippen LogP contribution is -2.12. The Morgan fingerprint density at radius 3 is 2.91 bits per heavy atom. The summed E-state index contributed by atoms with van der Waals surface area (Å²) in [4.78, 5) is 10.9. The fraction of sp³-hybridized carbons (Fsp3) is 0.312. The summed E-state index contributed by atoms with van der Waals surface area (Å²) in [7, 11) is 0. The molecule has 114 valence electrons. The lowest BCUT2D eigenvalue weighted by molar-refractivity contribution is 0.0697. The fourth-order valence-electron chi connectivity index (χ4n) is 2.11. The predicted molar refractivity (Wildman–Crippen MR) is 80.2 cm³/mol. The number of nitriles is 1. The number of ether oxygens (including phenoxy) is 1. The van der Waals surface area contributed by atoms with E-state index in [-0.39, 0.29) is 11.7 Å². The minimum atomic E-state index is -1.04. The molecule has 0 fully saturated rings. The summed E-state index contributed by atoms with van der Waals surface area (Å²) in [5.74, 6) is -0.516. The number of carboxylic acid groups (broad SMARTS) is 1. The van der Waals surface area contributed by atoms with Gasteiger partial charge >= 0.3 is 5.97 Å². The predicted octanol–water partition coefficient (Wildman–Crippen LogP) is 3.01. The second-order valence-corrected chi connectivity index (χ2v) is 4.99. The maximum atomic E-state index is 10.9. The Labute approximate surface area is 128 Å². The van der Waals surface area contributed by atoms with Crippen molar-refractivity contribution >= 4 is 5.97 Å². The van der Waals surface area contributed by atoms with E-state index in [0.717, 1.165) is 12.8 Å². The Morgan fingerprint density at radius 1 is 1.55 bits per heavy atom. The van der Waals surface area contributed by atoms with Gasteiger partial charge in [0.1, 0.15) is 11.8 Å². The van der Waals surface area contributed by atoms with Gasteiger partial charge in [-0.15, -0.1) is 0 Å². The number of rotatable bonds is 6. The van der Waals surface area contributed by atoms with Crippen molar-refractivity contribution in [3.63, 3.8) is 0 Å². The Bertz CT molecular complexity index is 716. The molecule has 1 aromatic carbocycles. The third-order valence-electron chi connectivity index (χ3n) is 3.20. The molecule has 2 aromatic rings. The molecule has 1 N–H and O–H groups in total. The van der Waals surface area contributed by atoms with Crippen LogP contribution in [0.1, 0.15) is 42.6 Å². The second-order valence-electron chi connectivity index (χ2n) is 4.99. The number of carboxylic acids is 1. The maximum absolute atomic E-state index is 10.9. The van der Waals surface area contributed by atoms with E-state index in [9.17, 15) is 10.1 Å². The Hall–Kier alpha value is -2.81. The van der Waals surface area contributed by atoms with Crippen LogP contribution in [0.4, 0.5) is 0 Å². The summed E-state index contributed by atoms with van der Waals surface area (Å²) in [6.45, 7) is 4.04. The average molecular weight is 299 g/mol. The van der Waals surface area contributed by atoms with Crippen molar-refractivity contribution in [1.29, 1.82) is 5.26 Å². The van der Waals surface area contributed by atoms with Crippen LogP contribution in [0.5, 0.6) is 5.75 Å². The zero-order valence-corrected chi connectivity index (χ0v) is 12.5. The highest BCUT2D eigenvalue weighted by molar-refractivity contribution is 5.87. The molecule has 0 spiro atoms. The van der Waals surface area contributed by atoms with Gasteiger partial charge in [0.15, 0.2) is 0 Å². The molecule has 2 rings (SSSR count). The zero-order valence-electron chi connectivity index (χ0n) is 12.5. The molecule has 0 radical (unpaired) electrons. The molecule has 0 saturated heterocycles. The topological polar surface area (TPSA) is 88.1 Å². The molecular weight excluding hydrogens is 282 g/mol. The molecule has 1 unspecified atom stereocenters. The van der Waals surface area contributed by atoms with Gasteiger partial charge in [0, 0.05) is 6.20 Å². The number of aromatic carboxylic acids is 1. The van der Waals surface area contributed by atoms with E-state index in [1.54, 1.807) is 18.2 Å². The number of aromatic nitrogens is 2. The molecule has 1 aromatic heterocycles. The number of hydrogen-bond acceptors (Lipinski definition) is 4. The van der Waals surface area contributed by atoms with Gasteiger partial charge in [0.25, 0.3) is 0 Å². The first-order chi connectivity index (χ1) is 10.5. The highest BCUT2D eigenvalue weighted by Crippen LogP contribution is 2.23. The van der Waals surface area contributed by atoms with Crippen LogP contribution in [-0.2, 0) is 0 Å². The summed E-state index contributed by atoms with van der Waals surface area (Å²) >= 11 is 0. The average Bonchev–Trinajstić information content (AvgIpc) is 2.98. The van der Waals surface area contributed by atoms with Crippen molar-refractivity contribution in [2.75, 3.05) is 0 Å². The molecule has 1 atom stereocenters. The van der Waals surface area contributed by atoms with Crippen LogP contribution >= 0.6 is 0 Å². The smallest absolute Gasteiger partial charge is 0.338 e. The summed E-state index contributed by atoms with van der Waals surface area (Å²) in [5.41, 5.74) is 1.10. The Morgan fingerprint density at radius 2 is 2.32 bits per heavy atom. The first-order valence-electron chi connectivity index (χ1n) is 7.04. The van der Waals surface area contributed by atoms with Crippen LogP contribution in [-0.4, -0.2) is 27.0 Å². The van der Waals surface area contributed by atoms with Crippen LogP contribution in [0.3, 0.4) is 0 Å². The number of benzene rings is 1. The lowest BCUT2D eigenvalue weighted by atomic mass is 10.2. The van der Waals surface area contributed by atoms with Crippen molar-refractivity contribution in [1.82, 2.24) is 9.78 Å².